The first-order valence-corrected chi connectivity index (χ1v) is 11.2. The standard InChI is InChI=1S/C20H20F3N5OS2/c1-27-5-7-28(8-6-27)11-17-24-19(31-26-17)25-18(29)14-10-16(30-12-14)13-3-2-4-15(9-13)20(21,22)23/h2-4,9-10,12H,5-8,11H2,1H3,(H,24,25,26,29). The molecular weight excluding hydrogens is 447 g/mol. The van der Waals surface area contributed by atoms with Crippen LogP contribution in [-0.4, -0.2) is 58.3 Å². The number of halogens is 3. The fourth-order valence-electron chi connectivity index (χ4n) is 3.20. The van der Waals surface area contributed by atoms with E-state index in [0.29, 0.717) is 33.5 Å². The van der Waals surface area contributed by atoms with E-state index < -0.39 is 11.7 Å². The van der Waals surface area contributed by atoms with Crippen molar-refractivity contribution in [3.8, 4) is 10.4 Å². The highest BCUT2D eigenvalue weighted by Gasteiger charge is 2.30. The van der Waals surface area contributed by atoms with Gasteiger partial charge in [-0.2, -0.15) is 17.5 Å². The summed E-state index contributed by atoms with van der Waals surface area (Å²) in [6.45, 7) is 4.54. The summed E-state index contributed by atoms with van der Waals surface area (Å²) < 4.78 is 43.2. The predicted molar refractivity (Wildman–Crippen MR) is 115 cm³/mol. The first kappa shape index (κ1) is 21.9. The SMILES string of the molecule is CN1CCN(Cc2nsc(NC(=O)c3csc(-c4cccc(C(F)(F)F)c4)c3)n2)CC1. The molecule has 1 aliphatic rings. The Bertz CT molecular complexity index is 1060. The molecule has 1 aromatic carbocycles. The zero-order chi connectivity index (χ0) is 22.0. The number of piperazine rings is 1. The first-order valence-electron chi connectivity index (χ1n) is 9.59. The smallest absolute Gasteiger partial charge is 0.304 e. The molecule has 0 aliphatic carbocycles. The largest absolute Gasteiger partial charge is 0.416 e. The monoisotopic (exact) mass is 467 g/mol. The third kappa shape index (κ3) is 5.48. The lowest BCUT2D eigenvalue weighted by molar-refractivity contribution is -0.137. The highest BCUT2D eigenvalue weighted by Crippen LogP contribution is 2.34. The third-order valence-electron chi connectivity index (χ3n) is 4.99. The van der Waals surface area contributed by atoms with E-state index >= 15 is 0 Å². The van der Waals surface area contributed by atoms with Crippen molar-refractivity contribution in [2.24, 2.45) is 0 Å². The number of rotatable bonds is 5. The van der Waals surface area contributed by atoms with Gasteiger partial charge in [-0.25, -0.2) is 4.98 Å². The molecule has 3 aromatic rings. The van der Waals surface area contributed by atoms with Crippen LogP contribution in [0.3, 0.4) is 0 Å². The zero-order valence-electron chi connectivity index (χ0n) is 16.6. The molecule has 0 spiro atoms. The molecule has 6 nitrogen and oxygen atoms in total. The van der Waals surface area contributed by atoms with Gasteiger partial charge in [0.1, 0.15) is 0 Å². The second-order valence-electron chi connectivity index (χ2n) is 7.33. The average molecular weight is 468 g/mol. The van der Waals surface area contributed by atoms with Crippen LogP contribution >= 0.6 is 22.9 Å². The van der Waals surface area contributed by atoms with Gasteiger partial charge in [-0.05, 0) is 30.8 Å². The Hall–Kier alpha value is -2.34. The summed E-state index contributed by atoms with van der Waals surface area (Å²) in [4.78, 5) is 22.1. The Morgan fingerprint density at radius 3 is 2.71 bits per heavy atom. The van der Waals surface area contributed by atoms with Crippen molar-refractivity contribution in [1.29, 1.82) is 0 Å². The number of hydrogen-bond acceptors (Lipinski definition) is 7. The summed E-state index contributed by atoms with van der Waals surface area (Å²) in [5.74, 6) is 0.302. The Balaban J connectivity index is 1.39. The van der Waals surface area contributed by atoms with Crippen LogP contribution in [0.2, 0.25) is 0 Å². The molecule has 1 aliphatic heterocycles. The van der Waals surface area contributed by atoms with Crippen molar-refractivity contribution in [3.05, 3.63) is 52.7 Å². The fraction of sp³-hybridized carbons (Fsp3) is 0.350. The molecule has 3 heterocycles. The second kappa shape index (κ2) is 9.03. The first-order chi connectivity index (χ1) is 14.8. The Kier molecular flexibility index (Phi) is 6.37. The van der Waals surface area contributed by atoms with Crippen LogP contribution in [0.5, 0.6) is 0 Å². The maximum atomic E-state index is 12.9. The van der Waals surface area contributed by atoms with E-state index in [1.807, 2.05) is 0 Å². The van der Waals surface area contributed by atoms with Crippen molar-refractivity contribution in [1.82, 2.24) is 19.2 Å². The van der Waals surface area contributed by atoms with E-state index in [2.05, 4.69) is 31.5 Å². The molecular formula is C20H20F3N5OS2. The number of benzene rings is 1. The van der Waals surface area contributed by atoms with Crippen molar-refractivity contribution < 1.29 is 18.0 Å². The normalized spacial score (nSPS) is 15.9. The zero-order valence-corrected chi connectivity index (χ0v) is 18.3. The van der Waals surface area contributed by atoms with E-state index in [0.717, 1.165) is 49.8 Å². The quantitative estimate of drug-likeness (QED) is 0.607. The number of alkyl halides is 3. The molecule has 11 heteroatoms. The Morgan fingerprint density at radius 2 is 1.97 bits per heavy atom. The molecule has 0 atom stereocenters. The Morgan fingerprint density at radius 1 is 1.19 bits per heavy atom. The van der Waals surface area contributed by atoms with Crippen molar-refractivity contribution in [2.45, 2.75) is 12.7 Å². The van der Waals surface area contributed by atoms with Gasteiger partial charge in [-0.15, -0.1) is 11.3 Å². The van der Waals surface area contributed by atoms with Crippen molar-refractivity contribution >= 4 is 33.9 Å². The second-order valence-corrected chi connectivity index (χ2v) is 8.99. The lowest BCUT2D eigenvalue weighted by Gasteiger charge is -2.31. The van der Waals surface area contributed by atoms with Crippen LogP contribution in [0.4, 0.5) is 18.3 Å². The number of aromatic nitrogens is 2. The summed E-state index contributed by atoms with van der Waals surface area (Å²) in [6.07, 6.45) is -4.41. The highest BCUT2D eigenvalue weighted by molar-refractivity contribution is 7.14. The number of nitrogens with one attached hydrogen (secondary N) is 1. The number of amides is 1. The number of likely N-dealkylation sites (N-methyl/N-ethyl adjacent to an activating group) is 1. The van der Waals surface area contributed by atoms with Gasteiger partial charge in [0.25, 0.3) is 5.91 Å². The minimum atomic E-state index is -4.41. The van der Waals surface area contributed by atoms with Gasteiger partial charge >= 0.3 is 6.18 Å². The van der Waals surface area contributed by atoms with Gasteiger partial charge in [0.15, 0.2) is 5.82 Å². The van der Waals surface area contributed by atoms with Crippen LogP contribution in [-0.2, 0) is 12.7 Å². The molecule has 4 rings (SSSR count). The van der Waals surface area contributed by atoms with E-state index in [-0.39, 0.29) is 5.91 Å². The van der Waals surface area contributed by atoms with Crippen LogP contribution < -0.4 is 5.32 Å². The number of anilines is 1. The molecule has 2 aromatic heterocycles. The molecule has 1 amide bonds. The molecule has 0 bridgehead atoms. The van der Waals surface area contributed by atoms with Crippen LogP contribution in [0, 0.1) is 0 Å². The van der Waals surface area contributed by atoms with E-state index in [4.69, 9.17) is 0 Å². The number of carbonyl (C=O) groups excluding carboxylic acids is 1. The van der Waals surface area contributed by atoms with Gasteiger partial charge < -0.3 is 4.90 Å². The van der Waals surface area contributed by atoms with Gasteiger partial charge in [0, 0.05) is 48.0 Å². The summed E-state index contributed by atoms with van der Waals surface area (Å²) in [6, 6.07) is 6.66. The highest BCUT2D eigenvalue weighted by atomic mass is 32.1. The number of carbonyl (C=O) groups is 1. The molecule has 1 saturated heterocycles. The van der Waals surface area contributed by atoms with E-state index in [1.54, 1.807) is 17.5 Å². The molecule has 31 heavy (non-hydrogen) atoms. The van der Waals surface area contributed by atoms with Crippen molar-refractivity contribution in [2.75, 3.05) is 38.5 Å². The number of nitrogens with zero attached hydrogens (tertiary/aromatic N) is 4. The van der Waals surface area contributed by atoms with Crippen molar-refractivity contribution in [3.63, 3.8) is 0 Å². The average Bonchev–Trinajstić information content (AvgIpc) is 3.39. The number of hydrogen-bond donors (Lipinski definition) is 1. The fourth-order valence-corrected chi connectivity index (χ4v) is 4.66. The minimum absolute atomic E-state index is 0.364. The minimum Gasteiger partial charge on any atom is -0.304 e. The van der Waals surface area contributed by atoms with Gasteiger partial charge in [-0.3, -0.25) is 15.0 Å². The summed E-state index contributed by atoms with van der Waals surface area (Å²) >= 11 is 2.34. The van der Waals surface area contributed by atoms with Gasteiger partial charge in [-0.1, -0.05) is 12.1 Å². The molecule has 0 radical (unpaired) electrons. The lowest BCUT2D eigenvalue weighted by atomic mass is 10.1. The van der Waals surface area contributed by atoms with E-state index in [9.17, 15) is 18.0 Å². The topological polar surface area (TPSA) is 61.4 Å². The third-order valence-corrected chi connectivity index (χ3v) is 6.63. The van der Waals surface area contributed by atoms with Crippen LogP contribution in [0.1, 0.15) is 21.7 Å². The molecule has 164 valence electrons. The van der Waals surface area contributed by atoms with Crippen LogP contribution in [0.15, 0.2) is 35.7 Å². The van der Waals surface area contributed by atoms with Gasteiger partial charge in [0.05, 0.1) is 17.7 Å². The van der Waals surface area contributed by atoms with Gasteiger partial charge in [0.2, 0.25) is 5.13 Å². The maximum Gasteiger partial charge on any atom is 0.416 e. The predicted octanol–water partition coefficient (Wildman–Crippen LogP) is 4.29. The summed E-state index contributed by atoms with van der Waals surface area (Å²) in [5, 5.41) is 4.76. The lowest BCUT2D eigenvalue weighted by Crippen LogP contribution is -2.44. The summed E-state index contributed by atoms with van der Waals surface area (Å²) in [5.41, 5.74) is 0.0728. The molecule has 0 saturated carbocycles. The summed E-state index contributed by atoms with van der Waals surface area (Å²) in [7, 11) is 2.09. The number of thiophene rings is 1. The molecule has 1 N–H and O–H groups in total. The van der Waals surface area contributed by atoms with Crippen LogP contribution in [0.25, 0.3) is 10.4 Å². The molecule has 0 unspecified atom stereocenters. The molecule has 1 fully saturated rings. The maximum absolute atomic E-state index is 12.9. The Labute approximate surface area is 185 Å². The van der Waals surface area contributed by atoms with E-state index in [1.165, 1.54) is 17.4 Å².